The second kappa shape index (κ2) is 6.75. The molecule has 20 heavy (non-hydrogen) atoms. The van der Waals surface area contributed by atoms with Gasteiger partial charge in [-0.25, -0.2) is 0 Å². The van der Waals surface area contributed by atoms with Gasteiger partial charge in [0.2, 0.25) is 0 Å². The molecule has 0 fully saturated rings. The molecule has 0 aromatic heterocycles. The molecule has 0 saturated carbocycles. The molecule has 0 aliphatic rings. The standard InChI is InChI=1S/C17H19NO2/c1-3-7-14-12-15(20-2)10-11-16(14)18-17(19)13-8-5-4-6-9-13/h4-6,8-12H,3,7H2,1-2H3,(H,18,19). The fraction of sp³-hybridized carbons (Fsp3) is 0.235. The zero-order valence-corrected chi connectivity index (χ0v) is 11.8. The van der Waals surface area contributed by atoms with Gasteiger partial charge in [-0.1, -0.05) is 31.5 Å². The van der Waals surface area contributed by atoms with Gasteiger partial charge in [0.1, 0.15) is 5.75 Å². The number of hydrogen-bond acceptors (Lipinski definition) is 2. The van der Waals surface area contributed by atoms with Crippen LogP contribution in [-0.4, -0.2) is 13.0 Å². The summed E-state index contributed by atoms with van der Waals surface area (Å²) in [5.41, 5.74) is 2.60. The Labute approximate surface area is 119 Å². The smallest absolute Gasteiger partial charge is 0.255 e. The van der Waals surface area contributed by atoms with E-state index in [1.807, 2.05) is 36.4 Å². The maximum absolute atomic E-state index is 12.2. The number of carbonyl (C=O) groups excluding carboxylic acids is 1. The van der Waals surface area contributed by atoms with Crippen molar-refractivity contribution >= 4 is 11.6 Å². The van der Waals surface area contributed by atoms with Gasteiger partial charge >= 0.3 is 0 Å². The predicted molar refractivity (Wildman–Crippen MR) is 81.4 cm³/mol. The van der Waals surface area contributed by atoms with Gasteiger partial charge in [0.25, 0.3) is 5.91 Å². The Bertz CT molecular complexity index is 579. The second-order valence-electron chi connectivity index (χ2n) is 4.59. The van der Waals surface area contributed by atoms with Crippen molar-refractivity contribution in [1.29, 1.82) is 0 Å². The van der Waals surface area contributed by atoms with E-state index in [0.29, 0.717) is 5.56 Å². The van der Waals surface area contributed by atoms with E-state index in [-0.39, 0.29) is 5.91 Å². The van der Waals surface area contributed by atoms with Crippen LogP contribution in [0.2, 0.25) is 0 Å². The molecule has 0 unspecified atom stereocenters. The molecule has 0 atom stereocenters. The Morgan fingerprint density at radius 3 is 2.55 bits per heavy atom. The molecule has 2 rings (SSSR count). The maximum atomic E-state index is 12.2. The predicted octanol–water partition coefficient (Wildman–Crippen LogP) is 3.90. The van der Waals surface area contributed by atoms with Crippen LogP contribution in [0.25, 0.3) is 0 Å². The minimum absolute atomic E-state index is 0.0897. The molecule has 0 bridgehead atoms. The Balaban J connectivity index is 2.22. The van der Waals surface area contributed by atoms with E-state index in [2.05, 4.69) is 12.2 Å². The van der Waals surface area contributed by atoms with Crippen molar-refractivity contribution in [2.45, 2.75) is 19.8 Å². The minimum atomic E-state index is -0.0897. The number of aryl methyl sites for hydroxylation is 1. The summed E-state index contributed by atoms with van der Waals surface area (Å²) in [5, 5.41) is 2.97. The molecule has 0 aliphatic heterocycles. The number of nitrogens with one attached hydrogen (secondary N) is 1. The minimum Gasteiger partial charge on any atom is -0.497 e. The molecule has 2 aromatic carbocycles. The van der Waals surface area contributed by atoms with Crippen molar-refractivity contribution in [3.8, 4) is 5.75 Å². The average molecular weight is 269 g/mol. The monoisotopic (exact) mass is 269 g/mol. The van der Waals surface area contributed by atoms with Crippen LogP contribution in [0, 0.1) is 0 Å². The Morgan fingerprint density at radius 2 is 1.90 bits per heavy atom. The van der Waals surface area contributed by atoms with Crippen molar-refractivity contribution < 1.29 is 9.53 Å². The molecule has 0 heterocycles. The highest BCUT2D eigenvalue weighted by Crippen LogP contribution is 2.24. The summed E-state index contributed by atoms with van der Waals surface area (Å²) < 4.78 is 5.23. The quantitative estimate of drug-likeness (QED) is 0.894. The van der Waals surface area contributed by atoms with E-state index in [0.717, 1.165) is 29.8 Å². The van der Waals surface area contributed by atoms with Crippen LogP contribution in [-0.2, 0) is 6.42 Å². The Morgan fingerprint density at radius 1 is 1.15 bits per heavy atom. The van der Waals surface area contributed by atoms with Gasteiger partial charge in [-0.05, 0) is 42.3 Å². The SMILES string of the molecule is CCCc1cc(OC)ccc1NC(=O)c1ccccc1. The van der Waals surface area contributed by atoms with E-state index in [9.17, 15) is 4.79 Å². The number of carbonyl (C=O) groups is 1. The molecular formula is C17H19NO2. The molecule has 1 N–H and O–H groups in total. The lowest BCUT2D eigenvalue weighted by Gasteiger charge is -2.12. The summed E-state index contributed by atoms with van der Waals surface area (Å²) >= 11 is 0. The highest BCUT2D eigenvalue weighted by atomic mass is 16.5. The fourth-order valence-corrected chi connectivity index (χ4v) is 2.08. The molecule has 3 heteroatoms. The fourth-order valence-electron chi connectivity index (χ4n) is 2.08. The number of hydrogen-bond donors (Lipinski definition) is 1. The second-order valence-corrected chi connectivity index (χ2v) is 4.59. The Hall–Kier alpha value is -2.29. The lowest BCUT2D eigenvalue weighted by Crippen LogP contribution is -2.13. The van der Waals surface area contributed by atoms with Gasteiger partial charge < -0.3 is 10.1 Å². The molecule has 0 aliphatic carbocycles. The first-order chi connectivity index (χ1) is 9.74. The number of benzene rings is 2. The van der Waals surface area contributed by atoms with Crippen LogP contribution in [0.3, 0.4) is 0 Å². The van der Waals surface area contributed by atoms with Crippen molar-refractivity contribution in [2.75, 3.05) is 12.4 Å². The topological polar surface area (TPSA) is 38.3 Å². The van der Waals surface area contributed by atoms with Gasteiger partial charge in [0, 0.05) is 11.3 Å². The summed E-state index contributed by atoms with van der Waals surface area (Å²) in [7, 11) is 1.65. The van der Waals surface area contributed by atoms with Crippen molar-refractivity contribution in [3.63, 3.8) is 0 Å². The molecule has 1 amide bonds. The third-order valence-electron chi connectivity index (χ3n) is 3.12. The van der Waals surface area contributed by atoms with E-state index in [1.165, 1.54) is 0 Å². The van der Waals surface area contributed by atoms with Crippen LogP contribution in [0.15, 0.2) is 48.5 Å². The van der Waals surface area contributed by atoms with Crippen molar-refractivity contribution in [3.05, 3.63) is 59.7 Å². The molecule has 0 saturated heterocycles. The summed E-state index contributed by atoms with van der Waals surface area (Å²) in [5.74, 6) is 0.722. The molecule has 0 spiro atoms. The molecule has 0 radical (unpaired) electrons. The highest BCUT2D eigenvalue weighted by molar-refractivity contribution is 6.04. The lowest BCUT2D eigenvalue weighted by molar-refractivity contribution is 0.102. The van der Waals surface area contributed by atoms with Gasteiger partial charge in [0.05, 0.1) is 7.11 Å². The first kappa shape index (κ1) is 14.1. The summed E-state index contributed by atoms with van der Waals surface area (Å²) in [6.07, 6.45) is 1.92. The van der Waals surface area contributed by atoms with E-state index < -0.39 is 0 Å². The first-order valence-corrected chi connectivity index (χ1v) is 6.78. The number of amides is 1. The molecular weight excluding hydrogens is 250 g/mol. The normalized spacial score (nSPS) is 10.1. The maximum Gasteiger partial charge on any atom is 0.255 e. The number of rotatable bonds is 5. The van der Waals surface area contributed by atoms with E-state index >= 15 is 0 Å². The number of methoxy groups -OCH3 is 1. The van der Waals surface area contributed by atoms with Gasteiger partial charge in [-0.3, -0.25) is 4.79 Å². The highest BCUT2D eigenvalue weighted by Gasteiger charge is 2.09. The van der Waals surface area contributed by atoms with E-state index in [1.54, 1.807) is 19.2 Å². The van der Waals surface area contributed by atoms with Crippen LogP contribution in [0.1, 0.15) is 29.3 Å². The van der Waals surface area contributed by atoms with Crippen LogP contribution < -0.4 is 10.1 Å². The third kappa shape index (κ3) is 3.38. The van der Waals surface area contributed by atoms with Crippen LogP contribution in [0.5, 0.6) is 5.75 Å². The zero-order chi connectivity index (χ0) is 14.4. The largest absolute Gasteiger partial charge is 0.497 e. The summed E-state index contributed by atoms with van der Waals surface area (Å²) in [6, 6.07) is 14.9. The number of anilines is 1. The summed E-state index contributed by atoms with van der Waals surface area (Å²) in [4.78, 5) is 12.2. The van der Waals surface area contributed by atoms with Gasteiger partial charge in [-0.15, -0.1) is 0 Å². The van der Waals surface area contributed by atoms with Gasteiger partial charge in [0.15, 0.2) is 0 Å². The lowest BCUT2D eigenvalue weighted by atomic mass is 10.1. The Kier molecular flexibility index (Phi) is 4.77. The number of ether oxygens (including phenoxy) is 1. The van der Waals surface area contributed by atoms with Crippen molar-refractivity contribution in [2.24, 2.45) is 0 Å². The average Bonchev–Trinajstić information content (AvgIpc) is 2.50. The zero-order valence-electron chi connectivity index (χ0n) is 11.8. The first-order valence-electron chi connectivity index (χ1n) is 6.78. The van der Waals surface area contributed by atoms with Crippen LogP contribution >= 0.6 is 0 Å². The molecule has 104 valence electrons. The van der Waals surface area contributed by atoms with Crippen molar-refractivity contribution in [1.82, 2.24) is 0 Å². The van der Waals surface area contributed by atoms with E-state index in [4.69, 9.17) is 4.74 Å². The molecule has 2 aromatic rings. The molecule has 3 nitrogen and oxygen atoms in total. The van der Waals surface area contributed by atoms with Crippen LogP contribution in [0.4, 0.5) is 5.69 Å². The third-order valence-corrected chi connectivity index (χ3v) is 3.12. The summed E-state index contributed by atoms with van der Waals surface area (Å²) in [6.45, 7) is 2.11. The van der Waals surface area contributed by atoms with Gasteiger partial charge in [-0.2, -0.15) is 0 Å².